The van der Waals surface area contributed by atoms with Crippen molar-refractivity contribution in [2.75, 3.05) is 6.54 Å². The van der Waals surface area contributed by atoms with Gasteiger partial charge in [0.05, 0.1) is 6.04 Å². The Bertz CT molecular complexity index is 473. The molecule has 110 valence electrons. The monoisotopic (exact) mass is 276 g/mol. The SMILES string of the molecule is CC(c1ccccc1)[C@H](N)C(=O)N1CC(C)(C)C[C@H]1O. The van der Waals surface area contributed by atoms with E-state index >= 15 is 0 Å². The van der Waals surface area contributed by atoms with E-state index in [4.69, 9.17) is 5.73 Å². The van der Waals surface area contributed by atoms with E-state index in [0.29, 0.717) is 13.0 Å². The topological polar surface area (TPSA) is 66.6 Å². The number of likely N-dealkylation sites (tertiary alicyclic amines) is 1. The van der Waals surface area contributed by atoms with Gasteiger partial charge in [-0.25, -0.2) is 0 Å². The molecule has 0 radical (unpaired) electrons. The van der Waals surface area contributed by atoms with Crippen LogP contribution in [0.5, 0.6) is 0 Å². The number of hydrogen-bond acceptors (Lipinski definition) is 3. The lowest BCUT2D eigenvalue weighted by atomic mass is 9.92. The highest BCUT2D eigenvalue weighted by molar-refractivity contribution is 5.83. The quantitative estimate of drug-likeness (QED) is 0.883. The standard InChI is InChI=1S/C16H24N2O2/c1-11(12-7-5-4-6-8-12)14(17)15(20)18-10-16(2,3)9-13(18)19/h4-8,11,13-14,19H,9-10,17H2,1-3H3/t11?,13-,14+/m1/s1. The molecule has 1 unspecified atom stereocenters. The molecule has 0 aliphatic carbocycles. The minimum Gasteiger partial charge on any atom is -0.374 e. The van der Waals surface area contributed by atoms with Crippen LogP contribution in [0.1, 0.15) is 38.7 Å². The maximum absolute atomic E-state index is 12.5. The molecule has 2 rings (SSSR count). The number of rotatable bonds is 3. The summed E-state index contributed by atoms with van der Waals surface area (Å²) in [5.74, 6) is -0.237. The number of hydrogen-bond donors (Lipinski definition) is 2. The number of benzene rings is 1. The highest BCUT2D eigenvalue weighted by atomic mass is 16.3. The molecule has 0 saturated carbocycles. The van der Waals surface area contributed by atoms with Gasteiger partial charge in [0.15, 0.2) is 0 Å². The minimum absolute atomic E-state index is 0.0508. The van der Waals surface area contributed by atoms with Gasteiger partial charge in [-0.05, 0) is 17.4 Å². The average Bonchev–Trinajstić information content (AvgIpc) is 2.70. The van der Waals surface area contributed by atoms with Crippen molar-refractivity contribution in [1.82, 2.24) is 4.90 Å². The summed E-state index contributed by atoms with van der Waals surface area (Å²) in [7, 11) is 0. The van der Waals surface area contributed by atoms with Crippen molar-refractivity contribution in [1.29, 1.82) is 0 Å². The molecule has 1 fully saturated rings. The third kappa shape index (κ3) is 3.02. The highest BCUT2D eigenvalue weighted by Crippen LogP contribution is 2.33. The fraction of sp³-hybridized carbons (Fsp3) is 0.562. The summed E-state index contributed by atoms with van der Waals surface area (Å²) < 4.78 is 0. The Labute approximate surface area is 120 Å². The molecule has 1 aliphatic heterocycles. The van der Waals surface area contributed by atoms with Gasteiger partial charge in [0.2, 0.25) is 5.91 Å². The lowest BCUT2D eigenvalue weighted by Crippen LogP contribution is -2.48. The lowest BCUT2D eigenvalue weighted by Gasteiger charge is -2.28. The third-order valence-corrected chi connectivity index (χ3v) is 4.13. The molecule has 4 nitrogen and oxygen atoms in total. The second kappa shape index (κ2) is 5.54. The van der Waals surface area contributed by atoms with Crippen LogP contribution >= 0.6 is 0 Å². The summed E-state index contributed by atoms with van der Waals surface area (Å²) in [6.45, 7) is 6.61. The van der Waals surface area contributed by atoms with Gasteiger partial charge in [-0.1, -0.05) is 51.1 Å². The molecule has 1 aliphatic rings. The largest absolute Gasteiger partial charge is 0.374 e. The zero-order valence-corrected chi connectivity index (χ0v) is 12.4. The molecule has 1 heterocycles. The fourth-order valence-corrected chi connectivity index (χ4v) is 2.83. The highest BCUT2D eigenvalue weighted by Gasteiger charge is 2.41. The Morgan fingerprint density at radius 2 is 2.00 bits per heavy atom. The zero-order chi connectivity index (χ0) is 14.9. The molecule has 20 heavy (non-hydrogen) atoms. The number of nitrogens with two attached hydrogens (primary N) is 1. The summed E-state index contributed by atoms with van der Waals surface area (Å²) in [4.78, 5) is 14.0. The van der Waals surface area contributed by atoms with Gasteiger partial charge in [0.25, 0.3) is 0 Å². The predicted molar refractivity (Wildman–Crippen MR) is 79.0 cm³/mol. The van der Waals surface area contributed by atoms with E-state index in [-0.39, 0.29) is 17.2 Å². The number of nitrogens with zero attached hydrogens (tertiary/aromatic N) is 1. The summed E-state index contributed by atoms with van der Waals surface area (Å²) in [5, 5.41) is 10.0. The van der Waals surface area contributed by atoms with Crippen LogP contribution in [0.3, 0.4) is 0 Å². The number of aliphatic hydroxyl groups is 1. The third-order valence-electron chi connectivity index (χ3n) is 4.13. The van der Waals surface area contributed by atoms with Gasteiger partial charge < -0.3 is 15.7 Å². The molecule has 4 heteroatoms. The first-order valence-corrected chi connectivity index (χ1v) is 7.11. The molecule has 1 aromatic rings. The van der Waals surface area contributed by atoms with Crippen LogP contribution in [0.4, 0.5) is 0 Å². The van der Waals surface area contributed by atoms with Crippen molar-refractivity contribution in [2.24, 2.45) is 11.1 Å². The van der Waals surface area contributed by atoms with Gasteiger partial charge >= 0.3 is 0 Å². The molecule has 0 bridgehead atoms. The van der Waals surface area contributed by atoms with Crippen LogP contribution in [0.15, 0.2) is 30.3 Å². The van der Waals surface area contributed by atoms with Crippen molar-refractivity contribution in [2.45, 2.75) is 45.4 Å². The van der Waals surface area contributed by atoms with Crippen LogP contribution in [-0.2, 0) is 4.79 Å². The van der Waals surface area contributed by atoms with Crippen molar-refractivity contribution in [3.05, 3.63) is 35.9 Å². The molecular weight excluding hydrogens is 252 g/mol. The maximum atomic E-state index is 12.5. The summed E-state index contributed by atoms with van der Waals surface area (Å²) in [5.41, 5.74) is 7.11. The second-order valence-electron chi connectivity index (χ2n) is 6.54. The van der Waals surface area contributed by atoms with Gasteiger partial charge in [-0.3, -0.25) is 4.79 Å². The van der Waals surface area contributed by atoms with Crippen molar-refractivity contribution in [3.8, 4) is 0 Å². The maximum Gasteiger partial charge on any atom is 0.242 e. The normalized spacial score (nSPS) is 24.4. The van der Waals surface area contributed by atoms with Gasteiger partial charge in [0, 0.05) is 12.5 Å². The Kier molecular flexibility index (Phi) is 4.16. The molecule has 1 saturated heterocycles. The minimum atomic E-state index is -0.716. The average molecular weight is 276 g/mol. The van der Waals surface area contributed by atoms with E-state index in [2.05, 4.69) is 13.8 Å². The number of carbonyl (C=O) groups is 1. The number of amides is 1. The Morgan fingerprint density at radius 1 is 1.40 bits per heavy atom. The van der Waals surface area contributed by atoms with E-state index in [1.165, 1.54) is 4.90 Å². The Morgan fingerprint density at radius 3 is 2.50 bits per heavy atom. The van der Waals surface area contributed by atoms with Crippen LogP contribution in [0.2, 0.25) is 0 Å². The van der Waals surface area contributed by atoms with Crippen LogP contribution in [0.25, 0.3) is 0 Å². The van der Waals surface area contributed by atoms with Gasteiger partial charge in [-0.2, -0.15) is 0 Å². The van der Waals surface area contributed by atoms with E-state index in [0.717, 1.165) is 5.56 Å². The molecule has 3 atom stereocenters. The zero-order valence-electron chi connectivity index (χ0n) is 12.4. The molecule has 0 spiro atoms. The molecule has 1 aromatic carbocycles. The predicted octanol–water partition coefficient (Wildman–Crippen LogP) is 1.69. The van der Waals surface area contributed by atoms with E-state index in [1.807, 2.05) is 37.3 Å². The molecule has 1 amide bonds. The molecule has 3 N–H and O–H groups in total. The van der Waals surface area contributed by atoms with E-state index < -0.39 is 12.3 Å². The van der Waals surface area contributed by atoms with E-state index in [9.17, 15) is 9.90 Å². The first kappa shape index (κ1) is 15.0. The molecular formula is C16H24N2O2. The number of carbonyl (C=O) groups excluding carboxylic acids is 1. The van der Waals surface area contributed by atoms with Crippen molar-refractivity contribution in [3.63, 3.8) is 0 Å². The van der Waals surface area contributed by atoms with Crippen LogP contribution in [-0.4, -0.2) is 34.7 Å². The lowest BCUT2D eigenvalue weighted by molar-refractivity contribution is -0.139. The fourth-order valence-electron chi connectivity index (χ4n) is 2.83. The summed E-state index contributed by atoms with van der Waals surface area (Å²) in [6.07, 6.45) is -0.114. The first-order chi connectivity index (χ1) is 9.32. The van der Waals surface area contributed by atoms with Crippen LogP contribution in [0, 0.1) is 5.41 Å². The van der Waals surface area contributed by atoms with Crippen molar-refractivity contribution >= 4 is 5.91 Å². The second-order valence-corrected chi connectivity index (χ2v) is 6.54. The summed E-state index contributed by atoms with van der Waals surface area (Å²) >= 11 is 0. The van der Waals surface area contributed by atoms with Crippen LogP contribution < -0.4 is 5.73 Å². The smallest absolute Gasteiger partial charge is 0.242 e. The Hall–Kier alpha value is -1.39. The molecule has 0 aromatic heterocycles. The first-order valence-electron chi connectivity index (χ1n) is 7.11. The Balaban J connectivity index is 2.09. The van der Waals surface area contributed by atoms with Gasteiger partial charge in [0.1, 0.15) is 6.23 Å². The van der Waals surface area contributed by atoms with Gasteiger partial charge in [-0.15, -0.1) is 0 Å². The van der Waals surface area contributed by atoms with E-state index in [1.54, 1.807) is 0 Å². The summed E-state index contributed by atoms with van der Waals surface area (Å²) in [6, 6.07) is 9.15. The van der Waals surface area contributed by atoms with Crippen molar-refractivity contribution < 1.29 is 9.90 Å². The number of aliphatic hydroxyl groups excluding tert-OH is 1.